The van der Waals surface area contributed by atoms with Crippen LogP contribution < -0.4 is 16.0 Å². The Hall–Kier alpha value is -2.19. The molecule has 21 heavy (non-hydrogen) atoms. The van der Waals surface area contributed by atoms with Crippen molar-refractivity contribution >= 4 is 0 Å². The van der Waals surface area contributed by atoms with E-state index in [1.54, 1.807) is 18.5 Å². The summed E-state index contributed by atoms with van der Waals surface area (Å²) < 4.78 is 40.6. The van der Waals surface area contributed by atoms with Crippen LogP contribution in [-0.4, -0.2) is 16.3 Å². The number of ether oxygens (including phenoxy) is 1. The number of hydrogen-bond donors (Lipinski definition) is 2. The van der Waals surface area contributed by atoms with Gasteiger partial charge >= 0.3 is 6.36 Å². The summed E-state index contributed by atoms with van der Waals surface area (Å²) in [6.45, 7) is 1.83. The van der Waals surface area contributed by atoms with Crippen LogP contribution in [0.3, 0.4) is 0 Å². The van der Waals surface area contributed by atoms with Gasteiger partial charge in [0.05, 0.1) is 0 Å². The summed E-state index contributed by atoms with van der Waals surface area (Å²) >= 11 is 0. The smallest absolute Gasteiger partial charge is 0.406 e. The van der Waals surface area contributed by atoms with Gasteiger partial charge in [-0.05, 0) is 30.2 Å². The first-order valence-corrected chi connectivity index (χ1v) is 5.99. The third-order valence-corrected chi connectivity index (χ3v) is 2.65. The maximum Gasteiger partial charge on any atom is 0.573 e. The van der Waals surface area contributed by atoms with Gasteiger partial charge in [0.2, 0.25) is 0 Å². The molecule has 0 aliphatic rings. The number of alkyl halides is 3. The average molecular weight is 298 g/mol. The number of rotatable bonds is 4. The van der Waals surface area contributed by atoms with Gasteiger partial charge in [0, 0.05) is 12.4 Å². The van der Waals surface area contributed by atoms with E-state index >= 15 is 0 Å². The molecule has 0 aliphatic carbocycles. The second kappa shape index (κ2) is 6.06. The van der Waals surface area contributed by atoms with E-state index in [2.05, 4.69) is 20.1 Å². The molecule has 2 rings (SSSR count). The number of nitrogens with zero attached hydrogens (tertiary/aromatic N) is 2. The highest BCUT2D eigenvalue weighted by molar-refractivity contribution is 5.33. The Bertz CT molecular complexity index is 601. The zero-order valence-electron chi connectivity index (χ0n) is 11.1. The van der Waals surface area contributed by atoms with Gasteiger partial charge in [-0.15, -0.1) is 13.2 Å². The summed E-state index contributed by atoms with van der Waals surface area (Å²) in [6.07, 6.45) is -1.55. The van der Waals surface area contributed by atoms with Crippen LogP contribution in [0.5, 0.6) is 5.75 Å². The van der Waals surface area contributed by atoms with Crippen molar-refractivity contribution < 1.29 is 17.9 Å². The zero-order valence-corrected chi connectivity index (χ0v) is 11.1. The van der Waals surface area contributed by atoms with Crippen molar-refractivity contribution in [3.8, 4) is 5.75 Å². The minimum Gasteiger partial charge on any atom is -0.406 e. The van der Waals surface area contributed by atoms with Gasteiger partial charge in [-0.2, -0.15) is 0 Å². The van der Waals surface area contributed by atoms with Crippen LogP contribution in [0, 0.1) is 6.92 Å². The summed E-state index contributed by atoms with van der Waals surface area (Å²) in [6, 6.07) is 4.86. The molecule has 3 N–H and O–H groups in total. The largest absolute Gasteiger partial charge is 0.573 e. The Labute approximate surface area is 118 Å². The van der Waals surface area contributed by atoms with Crippen LogP contribution in [0.4, 0.5) is 13.2 Å². The Morgan fingerprint density at radius 1 is 1.24 bits per heavy atom. The van der Waals surface area contributed by atoms with E-state index in [4.69, 9.17) is 5.84 Å². The lowest BCUT2D eigenvalue weighted by molar-refractivity contribution is -0.274. The average Bonchev–Trinajstić information content (AvgIpc) is 2.40. The molecule has 1 heterocycles. The molecular formula is C13H13F3N4O. The van der Waals surface area contributed by atoms with Crippen LogP contribution >= 0.6 is 0 Å². The Kier molecular flexibility index (Phi) is 4.39. The van der Waals surface area contributed by atoms with E-state index in [1.165, 1.54) is 18.2 Å². The molecule has 0 bridgehead atoms. The molecule has 1 atom stereocenters. The molecule has 0 radical (unpaired) electrons. The first kappa shape index (κ1) is 15.2. The highest BCUT2D eigenvalue weighted by Gasteiger charge is 2.31. The summed E-state index contributed by atoms with van der Waals surface area (Å²) in [4.78, 5) is 8.23. The molecule has 1 aromatic carbocycles. The SMILES string of the molecule is Cc1cnc(C(NN)c2cccc(OC(F)(F)F)c2)nc1. The molecule has 1 aromatic heterocycles. The highest BCUT2D eigenvalue weighted by atomic mass is 19.4. The minimum absolute atomic E-state index is 0.327. The second-order valence-corrected chi connectivity index (χ2v) is 4.34. The predicted octanol–water partition coefficient (Wildman–Crippen LogP) is 2.24. The topological polar surface area (TPSA) is 73.1 Å². The van der Waals surface area contributed by atoms with Crippen LogP contribution in [0.25, 0.3) is 0 Å². The third kappa shape index (κ3) is 4.14. The summed E-state index contributed by atoms with van der Waals surface area (Å²) in [5.41, 5.74) is 3.81. The lowest BCUT2D eigenvalue weighted by atomic mass is 10.1. The van der Waals surface area contributed by atoms with Crippen molar-refractivity contribution in [1.82, 2.24) is 15.4 Å². The Morgan fingerprint density at radius 2 is 1.90 bits per heavy atom. The fraction of sp³-hybridized carbons (Fsp3) is 0.231. The first-order chi connectivity index (χ1) is 9.89. The maximum atomic E-state index is 12.2. The van der Waals surface area contributed by atoms with E-state index in [9.17, 15) is 13.2 Å². The second-order valence-electron chi connectivity index (χ2n) is 4.34. The molecule has 2 aromatic rings. The van der Waals surface area contributed by atoms with Crippen LogP contribution in [0.1, 0.15) is 23.0 Å². The summed E-state index contributed by atoms with van der Waals surface area (Å²) in [7, 11) is 0. The first-order valence-electron chi connectivity index (χ1n) is 5.99. The quantitative estimate of drug-likeness (QED) is 0.669. The van der Waals surface area contributed by atoms with E-state index in [1.807, 2.05) is 6.92 Å². The molecule has 5 nitrogen and oxygen atoms in total. The van der Waals surface area contributed by atoms with Gasteiger partial charge < -0.3 is 4.74 Å². The van der Waals surface area contributed by atoms with Gasteiger partial charge in [0.15, 0.2) is 5.82 Å². The van der Waals surface area contributed by atoms with E-state index < -0.39 is 12.4 Å². The van der Waals surface area contributed by atoms with Crippen molar-refractivity contribution in [3.63, 3.8) is 0 Å². The van der Waals surface area contributed by atoms with Crippen molar-refractivity contribution in [3.05, 3.63) is 53.6 Å². The molecule has 0 spiro atoms. The van der Waals surface area contributed by atoms with E-state index in [0.717, 1.165) is 5.56 Å². The van der Waals surface area contributed by atoms with Crippen LogP contribution in [0.15, 0.2) is 36.7 Å². The monoisotopic (exact) mass is 298 g/mol. The van der Waals surface area contributed by atoms with Crippen molar-refractivity contribution in [1.29, 1.82) is 0 Å². The fourth-order valence-corrected chi connectivity index (χ4v) is 1.76. The van der Waals surface area contributed by atoms with Crippen LogP contribution in [0.2, 0.25) is 0 Å². The van der Waals surface area contributed by atoms with E-state index in [0.29, 0.717) is 11.4 Å². The summed E-state index contributed by atoms with van der Waals surface area (Å²) in [5, 5.41) is 0. The fourth-order valence-electron chi connectivity index (χ4n) is 1.76. The number of nitrogens with one attached hydrogen (secondary N) is 1. The third-order valence-electron chi connectivity index (χ3n) is 2.65. The maximum absolute atomic E-state index is 12.2. The van der Waals surface area contributed by atoms with Gasteiger partial charge in [-0.1, -0.05) is 12.1 Å². The number of aryl methyl sites for hydroxylation is 1. The number of halogens is 3. The van der Waals surface area contributed by atoms with Crippen LogP contribution in [-0.2, 0) is 0 Å². The molecule has 0 aliphatic heterocycles. The normalized spacial score (nSPS) is 13.0. The van der Waals surface area contributed by atoms with Gasteiger partial charge in [-0.25, -0.2) is 15.4 Å². The zero-order chi connectivity index (χ0) is 15.5. The van der Waals surface area contributed by atoms with Crippen molar-refractivity contribution in [2.24, 2.45) is 5.84 Å². The number of aromatic nitrogens is 2. The number of hydrazine groups is 1. The molecule has 0 saturated carbocycles. The molecular weight excluding hydrogens is 285 g/mol. The van der Waals surface area contributed by atoms with Gasteiger partial charge in [-0.3, -0.25) is 5.84 Å². The number of hydrogen-bond acceptors (Lipinski definition) is 5. The summed E-state index contributed by atoms with van der Waals surface area (Å²) in [5.74, 6) is 5.49. The highest BCUT2D eigenvalue weighted by Crippen LogP contribution is 2.26. The Morgan fingerprint density at radius 3 is 2.48 bits per heavy atom. The molecule has 8 heteroatoms. The molecule has 0 saturated heterocycles. The number of benzene rings is 1. The van der Waals surface area contributed by atoms with Crippen molar-refractivity contribution in [2.75, 3.05) is 0 Å². The molecule has 0 fully saturated rings. The van der Waals surface area contributed by atoms with Gasteiger partial charge in [0.25, 0.3) is 0 Å². The number of nitrogens with two attached hydrogens (primary N) is 1. The minimum atomic E-state index is -4.75. The molecule has 0 amide bonds. The van der Waals surface area contributed by atoms with Gasteiger partial charge in [0.1, 0.15) is 11.8 Å². The molecule has 1 unspecified atom stereocenters. The lowest BCUT2D eigenvalue weighted by Gasteiger charge is -2.16. The Balaban J connectivity index is 2.30. The molecule has 112 valence electrons. The van der Waals surface area contributed by atoms with Crippen molar-refractivity contribution in [2.45, 2.75) is 19.3 Å². The predicted molar refractivity (Wildman–Crippen MR) is 69.1 cm³/mol. The van der Waals surface area contributed by atoms with E-state index in [-0.39, 0.29) is 5.75 Å². The standard InChI is InChI=1S/C13H13F3N4O/c1-8-6-18-12(19-7-8)11(20-17)9-3-2-4-10(5-9)21-13(14,15)16/h2-7,11,20H,17H2,1H3. The lowest BCUT2D eigenvalue weighted by Crippen LogP contribution is -2.30.